The molecule has 108 valence electrons. The van der Waals surface area contributed by atoms with Crippen molar-refractivity contribution < 1.29 is 0 Å². The first-order valence-electron chi connectivity index (χ1n) is 6.63. The highest BCUT2D eigenvalue weighted by atomic mass is 35.5. The summed E-state index contributed by atoms with van der Waals surface area (Å²) in [6, 6.07) is 16.7. The summed E-state index contributed by atoms with van der Waals surface area (Å²) in [6.45, 7) is 4.15. The van der Waals surface area contributed by atoms with Crippen LogP contribution in [0, 0.1) is 13.8 Å². The quantitative estimate of drug-likeness (QED) is 0.738. The number of benzene rings is 2. The number of nitrogens with zero attached hydrogens (tertiary/aromatic N) is 1. The summed E-state index contributed by atoms with van der Waals surface area (Å²) >= 11 is 0. The van der Waals surface area contributed by atoms with Crippen LogP contribution in [0.2, 0.25) is 0 Å². The zero-order valence-electron chi connectivity index (χ0n) is 12.1. The lowest BCUT2D eigenvalue weighted by molar-refractivity contribution is 1.32. The Bertz CT molecular complexity index is 665. The molecule has 0 saturated carbocycles. The Balaban J connectivity index is 0.00000161. The smallest absolute Gasteiger partial charge is 0.198 e. The summed E-state index contributed by atoms with van der Waals surface area (Å²) < 4.78 is 0. The number of H-pyrrole nitrogens is 1. The molecule has 3 aromatic rings. The molecule has 2 aromatic carbocycles. The molecule has 0 atom stereocenters. The number of halogens is 1. The van der Waals surface area contributed by atoms with Crippen molar-refractivity contribution in [2.45, 2.75) is 13.8 Å². The second kappa shape index (κ2) is 6.02. The normalized spacial score (nSPS) is 10.2. The number of hydrogen-bond donors (Lipinski definition) is 2. The van der Waals surface area contributed by atoms with Crippen LogP contribution in [0.3, 0.4) is 0 Å². The van der Waals surface area contributed by atoms with Gasteiger partial charge >= 0.3 is 0 Å². The highest BCUT2D eigenvalue weighted by Gasteiger charge is 2.12. The molecule has 0 aliphatic rings. The molecule has 4 heteroatoms. The summed E-state index contributed by atoms with van der Waals surface area (Å²) in [5, 5.41) is 0. The van der Waals surface area contributed by atoms with Crippen LogP contribution in [0.25, 0.3) is 22.5 Å². The Labute approximate surface area is 130 Å². The van der Waals surface area contributed by atoms with Gasteiger partial charge in [-0.15, -0.1) is 12.4 Å². The van der Waals surface area contributed by atoms with Crippen LogP contribution in [0.15, 0.2) is 48.5 Å². The molecule has 0 aliphatic carbocycles. The molecule has 1 heterocycles. The number of aryl methyl sites for hydroxylation is 2. The molecular formula is C17H18ClN3. The van der Waals surface area contributed by atoms with E-state index in [1.807, 2.05) is 0 Å². The number of hydrogen-bond acceptors (Lipinski definition) is 2. The van der Waals surface area contributed by atoms with E-state index in [4.69, 9.17) is 5.73 Å². The number of aromatic amines is 1. The third-order valence-electron chi connectivity index (χ3n) is 3.39. The molecule has 0 unspecified atom stereocenters. The predicted molar refractivity (Wildman–Crippen MR) is 90.6 cm³/mol. The largest absolute Gasteiger partial charge is 0.369 e. The van der Waals surface area contributed by atoms with E-state index in [1.165, 1.54) is 11.1 Å². The van der Waals surface area contributed by atoms with E-state index in [1.54, 1.807) is 0 Å². The lowest BCUT2D eigenvalue weighted by Crippen LogP contribution is -1.85. The number of nitrogens with one attached hydrogen (secondary N) is 1. The van der Waals surface area contributed by atoms with E-state index < -0.39 is 0 Å². The number of anilines is 1. The van der Waals surface area contributed by atoms with E-state index in [2.05, 4.69) is 72.3 Å². The van der Waals surface area contributed by atoms with E-state index in [0.717, 1.165) is 22.5 Å². The summed E-state index contributed by atoms with van der Waals surface area (Å²) in [5.74, 6) is 0.441. The average molecular weight is 300 g/mol. The summed E-state index contributed by atoms with van der Waals surface area (Å²) in [4.78, 5) is 7.59. The molecule has 3 N–H and O–H groups in total. The van der Waals surface area contributed by atoms with Gasteiger partial charge in [-0.25, -0.2) is 4.98 Å². The fourth-order valence-electron chi connectivity index (χ4n) is 2.24. The maximum absolute atomic E-state index is 5.85. The topological polar surface area (TPSA) is 54.7 Å². The maximum Gasteiger partial charge on any atom is 0.198 e. The van der Waals surface area contributed by atoms with Crippen molar-refractivity contribution in [1.82, 2.24) is 9.97 Å². The fraction of sp³-hybridized carbons (Fsp3) is 0.118. The highest BCUT2D eigenvalue weighted by molar-refractivity contribution is 5.85. The Kier molecular flexibility index (Phi) is 4.34. The predicted octanol–water partition coefficient (Wildman–Crippen LogP) is 4.36. The first-order chi connectivity index (χ1) is 9.63. The molecule has 0 bridgehead atoms. The van der Waals surface area contributed by atoms with Crippen molar-refractivity contribution in [2.24, 2.45) is 0 Å². The molecule has 0 radical (unpaired) electrons. The van der Waals surface area contributed by atoms with Crippen LogP contribution in [-0.4, -0.2) is 9.97 Å². The second-order valence-corrected chi connectivity index (χ2v) is 5.08. The van der Waals surface area contributed by atoms with Crippen molar-refractivity contribution in [1.29, 1.82) is 0 Å². The number of nitrogens with two attached hydrogens (primary N) is 1. The van der Waals surface area contributed by atoms with E-state index in [9.17, 15) is 0 Å². The molecule has 0 amide bonds. The van der Waals surface area contributed by atoms with E-state index in [0.29, 0.717) is 5.95 Å². The van der Waals surface area contributed by atoms with Gasteiger partial charge < -0.3 is 10.7 Å². The van der Waals surface area contributed by atoms with Crippen molar-refractivity contribution in [2.75, 3.05) is 5.73 Å². The molecule has 0 aliphatic heterocycles. The number of aromatic nitrogens is 2. The summed E-state index contributed by atoms with van der Waals surface area (Å²) in [6.07, 6.45) is 0. The van der Waals surface area contributed by atoms with Gasteiger partial charge in [-0.2, -0.15) is 0 Å². The first kappa shape index (κ1) is 15.1. The van der Waals surface area contributed by atoms with Gasteiger partial charge in [0.15, 0.2) is 5.95 Å². The first-order valence-corrected chi connectivity index (χ1v) is 6.63. The third-order valence-corrected chi connectivity index (χ3v) is 3.39. The van der Waals surface area contributed by atoms with Crippen LogP contribution in [-0.2, 0) is 0 Å². The van der Waals surface area contributed by atoms with Gasteiger partial charge in [0, 0.05) is 11.1 Å². The van der Waals surface area contributed by atoms with Crippen LogP contribution >= 0.6 is 12.4 Å². The van der Waals surface area contributed by atoms with E-state index in [-0.39, 0.29) is 12.4 Å². The fourth-order valence-corrected chi connectivity index (χ4v) is 2.24. The molecule has 1 aromatic heterocycles. The highest BCUT2D eigenvalue weighted by Crippen LogP contribution is 2.31. The van der Waals surface area contributed by atoms with Crippen LogP contribution < -0.4 is 5.73 Å². The zero-order chi connectivity index (χ0) is 14.1. The minimum Gasteiger partial charge on any atom is -0.369 e. The monoisotopic (exact) mass is 299 g/mol. The zero-order valence-corrected chi connectivity index (χ0v) is 12.9. The van der Waals surface area contributed by atoms with Crippen LogP contribution in [0.5, 0.6) is 0 Å². The van der Waals surface area contributed by atoms with Gasteiger partial charge in [0.1, 0.15) is 0 Å². The van der Waals surface area contributed by atoms with E-state index >= 15 is 0 Å². The lowest BCUT2D eigenvalue weighted by atomic mass is 10.0. The lowest BCUT2D eigenvalue weighted by Gasteiger charge is -2.04. The van der Waals surface area contributed by atoms with Gasteiger partial charge in [0.25, 0.3) is 0 Å². The van der Waals surface area contributed by atoms with Crippen molar-refractivity contribution in [3.63, 3.8) is 0 Å². The van der Waals surface area contributed by atoms with Crippen molar-refractivity contribution in [3.05, 3.63) is 59.7 Å². The number of rotatable bonds is 2. The third kappa shape index (κ3) is 3.09. The van der Waals surface area contributed by atoms with Gasteiger partial charge in [0.2, 0.25) is 0 Å². The molecule has 0 spiro atoms. The standard InChI is InChI=1S/C17H17N3.ClH/c1-11-3-7-13(8-4-11)15-16(20-17(18)19-15)14-9-5-12(2)6-10-14;/h3-10H,1-2H3,(H3,18,19,20);1H. The molecule has 21 heavy (non-hydrogen) atoms. The van der Waals surface area contributed by atoms with Crippen molar-refractivity contribution in [3.8, 4) is 22.5 Å². The molecule has 0 saturated heterocycles. The van der Waals surface area contributed by atoms with Crippen LogP contribution in [0.4, 0.5) is 5.95 Å². The van der Waals surface area contributed by atoms with Gasteiger partial charge in [-0.05, 0) is 13.8 Å². The number of imidazole rings is 1. The Hall–Kier alpha value is -2.26. The molecule has 3 rings (SSSR count). The van der Waals surface area contributed by atoms with Crippen LogP contribution in [0.1, 0.15) is 11.1 Å². The van der Waals surface area contributed by atoms with Gasteiger partial charge in [-0.3, -0.25) is 0 Å². The molecule has 3 nitrogen and oxygen atoms in total. The minimum atomic E-state index is 0. The van der Waals surface area contributed by atoms with Crippen molar-refractivity contribution >= 4 is 18.4 Å². The molecule has 0 fully saturated rings. The van der Waals surface area contributed by atoms with Gasteiger partial charge in [-0.1, -0.05) is 59.7 Å². The molecular weight excluding hydrogens is 282 g/mol. The SMILES string of the molecule is Cc1ccc(-c2nc(N)[nH]c2-c2ccc(C)cc2)cc1.Cl. The number of nitrogen functional groups attached to an aromatic ring is 1. The van der Waals surface area contributed by atoms with Gasteiger partial charge in [0.05, 0.1) is 11.4 Å². The summed E-state index contributed by atoms with van der Waals surface area (Å²) in [5.41, 5.74) is 12.3. The summed E-state index contributed by atoms with van der Waals surface area (Å²) in [7, 11) is 0. The Morgan fingerprint density at radius 2 is 1.29 bits per heavy atom. The second-order valence-electron chi connectivity index (χ2n) is 5.08. The maximum atomic E-state index is 5.85. The average Bonchev–Trinajstić information content (AvgIpc) is 2.82. The Morgan fingerprint density at radius 1 is 0.810 bits per heavy atom. The minimum absolute atomic E-state index is 0. The Morgan fingerprint density at radius 3 is 1.81 bits per heavy atom.